The molecular formula is C16H11Br3Cl2N2O4. The first-order valence-corrected chi connectivity index (χ1v) is 10.5. The third-order valence-corrected chi connectivity index (χ3v) is 6.42. The first-order valence-electron chi connectivity index (χ1n) is 7.24. The summed E-state index contributed by atoms with van der Waals surface area (Å²) in [6, 6.07) is 0. The Balaban J connectivity index is 2.15. The van der Waals surface area contributed by atoms with Crippen LogP contribution in [0.1, 0.15) is 21.6 Å². The Bertz CT molecular complexity index is 863. The number of alkyl halides is 1. The molecule has 0 N–H and O–H groups in total. The highest BCUT2D eigenvalue weighted by molar-refractivity contribution is 9.11. The van der Waals surface area contributed by atoms with Crippen LogP contribution in [0.5, 0.6) is 0 Å². The lowest BCUT2D eigenvalue weighted by atomic mass is 10.1. The molecule has 2 aromatic rings. The first kappa shape index (κ1) is 22.5. The lowest BCUT2D eigenvalue weighted by molar-refractivity contribution is -0.144. The monoisotopic (exact) mass is 602 g/mol. The van der Waals surface area contributed by atoms with E-state index in [-0.39, 0.29) is 13.0 Å². The number of ether oxygens (including phenoxy) is 2. The summed E-state index contributed by atoms with van der Waals surface area (Å²) in [4.78, 5) is 31.2. The van der Waals surface area contributed by atoms with Gasteiger partial charge in [0.05, 0.1) is 29.3 Å². The SMILES string of the molecule is COC(=O)Cc1c(Cl)cnc(COC(=O)C(Br)c2c(Cl)cncc2Br)c1Br. The van der Waals surface area contributed by atoms with Crippen LogP contribution in [0.4, 0.5) is 0 Å². The Morgan fingerprint density at radius 1 is 1.19 bits per heavy atom. The number of esters is 2. The number of carbonyl (C=O) groups is 2. The van der Waals surface area contributed by atoms with E-state index in [0.717, 1.165) is 0 Å². The summed E-state index contributed by atoms with van der Waals surface area (Å²) >= 11 is 22.1. The van der Waals surface area contributed by atoms with Crippen molar-refractivity contribution in [1.82, 2.24) is 9.97 Å². The minimum Gasteiger partial charge on any atom is -0.469 e. The van der Waals surface area contributed by atoms with Crippen LogP contribution in [0.15, 0.2) is 27.5 Å². The predicted octanol–water partition coefficient (Wildman–Crippen LogP) is 5.20. The van der Waals surface area contributed by atoms with Crippen molar-refractivity contribution in [3.8, 4) is 0 Å². The van der Waals surface area contributed by atoms with Gasteiger partial charge in [-0.25, -0.2) is 0 Å². The van der Waals surface area contributed by atoms with Gasteiger partial charge in [-0.15, -0.1) is 0 Å². The highest BCUT2D eigenvalue weighted by Gasteiger charge is 2.25. The zero-order valence-electron chi connectivity index (χ0n) is 13.6. The summed E-state index contributed by atoms with van der Waals surface area (Å²) in [5.41, 5.74) is 1.41. The number of hydrogen-bond donors (Lipinski definition) is 0. The maximum atomic E-state index is 12.4. The second-order valence-electron chi connectivity index (χ2n) is 5.09. The minimum absolute atomic E-state index is 0.0416. The van der Waals surface area contributed by atoms with Crippen LogP contribution < -0.4 is 0 Å². The zero-order chi connectivity index (χ0) is 20.1. The molecule has 2 rings (SSSR count). The molecule has 11 heteroatoms. The van der Waals surface area contributed by atoms with Crippen molar-refractivity contribution in [3.63, 3.8) is 0 Å². The number of rotatable bonds is 6. The van der Waals surface area contributed by atoms with Crippen molar-refractivity contribution in [2.45, 2.75) is 17.9 Å². The van der Waals surface area contributed by atoms with Crippen molar-refractivity contribution in [2.75, 3.05) is 7.11 Å². The van der Waals surface area contributed by atoms with Gasteiger partial charge in [-0.3, -0.25) is 19.6 Å². The van der Waals surface area contributed by atoms with Crippen molar-refractivity contribution in [1.29, 1.82) is 0 Å². The number of pyridine rings is 2. The molecule has 2 heterocycles. The first-order chi connectivity index (χ1) is 12.8. The van der Waals surface area contributed by atoms with Gasteiger partial charge < -0.3 is 9.47 Å². The number of halogens is 5. The molecule has 6 nitrogen and oxygen atoms in total. The number of methoxy groups -OCH3 is 1. The lowest BCUT2D eigenvalue weighted by Gasteiger charge is -2.14. The summed E-state index contributed by atoms with van der Waals surface area (Å²) in [5, 5.41) is 0.614. The maximum absolute atomic E-state index is 12.4. The van der Waals surface area contributed by atoms with Crippen LogP contribution in [0, 0.1) is 0 Å². The zero-order valence-corrected chi connectivity index (χ0v) is 19.9. The Hall–Kier alpha value is -0.740. The van der Waals surface area contributed by atoms with Gasteiger partial charge in [-0.05, 0) is 37.4 Å². The molecule has 144 valence electrons. The van der Waals surface area contributed by atoms with Gasteiger partial charge in [-0.1, -0.05) is 39.1 Å². The molecule has 1 atom stereocenters. The summed E-state index contributed by atoms with van der Waals surface area (Å²) in [7, 11) is 1.28. The number of carbonyl (C=O) groups excluding carboxylic acids is 2. The van der Waals surface area contributed by atoms with Gasteiger partial charge in [0.25, 0.3) is 0 Å². The summed E-state index contributed by atoms with van der Waals surface area (Å²) in [6.45, 7) is -0.132. The molecule has 0 fully saturated rings. The van der Waals surface area contributed by atoms with Gasteiger partial charge >= 0.3 is 11.9 Å². The number of nitrogens with zero attached hydrogens (tertiary/aromatic N) is 2. The Morgan fingerprint density at radius 3 is 2.52 bits per heavy atom. The van der Waals surface area contributed by atoms with Crippen molar-refractivity contribution >= 4 is 82.9 Å². The quantitative estimate of drug-likeness (QED) is 0.333. The molecule has 27 heavy (non-hydrogen) atoms. The van der Waals surface area contributed by atoms with Crippen LogP contribution in [0.2, 0.25) is 10.0 Å². The van der Waals surface area contributed by atoms with Gasteiger partial charge in [-0.2, -0.15) is 0 Å². The molecule has 0 radical (unpaired) electrons. The van der Waals surface area contributed by atoms with Gasteiger partial charge in [0, 0.05) is 33.1 Å². The predicted molar refractivity (Wildman–Crippen MR) is 111 cm³/mol. The fourth-order valence-electron chi connectivity index (χ4n) is 2.02. The van der Waals surface area contributed by atoms with Gasteiger partial charge in [0.15, 0.2) is 0 Å². The van der Waals surface area contributed by atoms with E-state index in [4.69, 9.17) is 27.9 Å². The standard InChI is InChI=1S/C16H11Br3Cl2N2O4/c1-26-12(24)2-7-9(20)5-23-11(14(7)18)6-27-16(25)15(19)13-8(17)3-22-4-10(13)21/h3-5,15H,2,6H2,1H3. The van der Waals surface area contributed by atoms with Crippen molar-refractivity contribution in [2.24, 2.45) is 0 Å². The average Bonchev–Trinajstić information content (AvgIpc) is 2.63. The van der Waals surface area contributed by atoms with Gasteiger partial charge in [0.1, 0.15) is 11.4 Å². The maximum Gasteiger partial charge on any atom is 0.324 e. The van der Waals surface area contributed by atoms with E-state index in [0.29, 0.717) is 35.8 Å². The van der Waals surface area contributed by atoms with Crippen molar-refractivity contribution in [3.05, 3.63) is 54.4 Å². The normalized spacial score (nSPS) is 11.8. The molecule has 0 amide bonds. The molecule has 0 aliphatic carbocycles. The van der Waals surface area contributed by atoms with Crippen LogP contribution >= 0.6 is 71.0 Å². The van der Waals surface area contributed by atoms with E-state index < -0.39 is 16.8 Å². The van der Waals surface area contributed by atoms with Gasteiger partial charge in [0.2, 0.25) is 0 Å². The third kappa shape index (κ3) is 5.63. The fourth-order valence-corrected chi connectivity index (χ4v) is 4.92. The molecule has 0 bridgehead atoms. The molecule has 0 saturated carbocycles. The fraction of sp³-hybridized carbons (Fsp3) is 0.250. The average molecular weight is 606 g/mol. The highest BCUT2D eigenvalue weighted by Crippen LogP contribution is 2.36. The molecule has 0 spiro atoms. The number of hydrogen-bond acceptors (Lipinski definition) is 6. The lowest BCUT2D eigenvalue weighted by Crippen LogP contribution is -2.14. The molecule has 0 saturated heterocycles. The minimum atomic E-state index is -0.803. The second kappa shape index (κ2) is 10.2. The van der Waals surface area contributed by atoms with Crippen LogP contribution in [0.25, 0.3) is 0 Å². The Kier molecular flexibility index (Phi) is 8.48. The topological polar surface area (TPSA) is 78.4 Å². The molecule has 1 unspecified atom stereocenters. The summed E-state index contributed by atoms with van der Waals surface area (Å²) < 4.78 is 11.0. The Labute approximate surface area is 190 Å². The van der Waals surface area contributed by atoms with E-state index in [9.17, 15) is 9.59 Å². The van der Waals surface area contributed by atoms with Crippen molar-refractivity contribution < 1.29 is 19.1 Å². The number of aromatic nitrogens is 2. The smallest absolute Gasteiger partial charge is 0.324 e. The summed E-state index contributed by atoms with van der Waals surface area (Å²) in [5.74, 6) is -1.02. The second-order valence-corrected chi connectivity index (χ2v) is 8.46. The highest BCUT2D eigenvalue weighted by atomic mass is 79.9. The van der Waals surface area contributed by atoms with E-state index in [1.807, 2.05) is 0 Å². The largest absolute Gasteiger partial charge is 0.469 e. The molecule has 0 aliphatic heterocycles. The van der Waals surface area contributed by atoms with Crippen LogP contribution in [-0.4, -0.2) is 29.0 Å². The molecule has 2 aromatic heterocycles. The van der Waals surface area contributed by atoms with E-state index >= 15 is 0 Å². The van der Waals surface area contributed by atoms with E-state index in [1.54, 1.807) is 0 Å². The van der Waals surface area contributed by atoms with E-state index in [1.165, 1.54) is 25.7 Å². The molecular weight excluding hydrogens is 595 g/mol. The Morgan fingerprint density at radius 2 is 1.89 bits per heavy atom. The summed E-state index contributed by atoms with van der Waals surface area (Å²) in [6.07, 6.45) is 4.30. The molecule has 0 aromatic carbocycles. The van der Waals surface area contributed by atoms with Crippen LogP contribution in [-0.2, 0) is 32.1 Å². The third-order valence-electron chi connectivity index (χ3n) is 3.39. The molecule has 0 aliphatic rings. The van der Waals surface area contributed by atoms with Crippen LogP contribution in [0.3, 0.4) is 0 Å². The van der Waals surface area contributed by atoms with E-state index in [2.05, 4.69) is 62.5 Å².